The normalized spacial score (nSPS) is 10.4. The van der Waals surface area contributed by atoms with Crippen molar-refractivity contribution < 1.29 is 9.32 Å². The maximum Gasteiger partial charge on any atom is 0.231 e. The van der Waals surface area contributed by atoms with Crippen molar-refractivity contribution in [2.75, 3.05) is 5.32 Å². The molecule has 0 fully saturated rings. The third kappa shape index (κ3) is 3.38. The van der Waals surface area contributed by atoms with Crippen molar-refractivity contribution in [2.45, 2.75) is 13.3 Å². The number of anilines is 1. The first-order valence-electron chi connectivity index (χ1n) is 6.94. The molecule has 0 aliphatic carbocycles. The number of aromatic nitrogens is 2. The number of amides is 1. The summed E-state index contributed by atoms with van der Waals surface area (Å²) in [4.78, 5) is 16.1. The highest BCUT2D eigenvalue weighted by atomic mass is 16.5. The van der Waals surface area contributed by atoms with Crippen LogP contribution >= 0.6 is 0 Å². The van der Waals surface area contributed by atoms with Crippen LogP contribution in [-0.2, 0) is 11.2 Å². The Kier molecular flexibility index (Phi) is 3.96. The zero-order chi connectivity index (χ0) is 15.4. The van der Waals surface area contributed by atoms with Crippen molar-refractivity contribution in [3.8, 4) is 11.3 Å². The largest absolute Gasteiger partial charge is 0.356 e. The fraction of sp³-hybridized carbons (Fsp3) is 0.118. The van der Waals surface area contributed by atoms with Gasteiger partial charge in [-0.2, -0.15) is 0 Å². The lowest BCUT2D eigenvalue weighted by molar-refractivity contribution is -0.115. The quantitative estimate of drug-likeness (QED) is 0.802. The van der Waals surface area contributed by atoms with Crippen molar-refractivity contribution >= 4 is 11.7 Å². The van der Waals surface area contributed by atoms with E-state index >= 15 is 0 Å². The van der Waals surface area contributed by atoms with Gasteiger partial charge in [-0.25, -0.2) is 4.98 Å². The first-order chi connectivity index (χ1) is 10.7. The smallest absolute Gasteiger partial charge is 0.231 e. The predicted octanol–water partition coefficient (Wildman–Crippen LogP) is 3.23. The summed E-state index contributed by atoms with van der Waals surface area (Å²) in [7, 11) is 0. The summed E-state index contributed by atoms with van der Waals surface area (Å²) in [6.07, 6.45) is 1.81. The van der Waals surface area contributed by atoms with Crippen LogP contribution in [0.5, 0.6) is 0 Å². The number of hydrogen-bond donors (Lipinski definition) is 1. The van der Waals surface area contributed by atoms with E-state index in [1.54, 1.807) is 12.3 Å². The van der Waals surface area contributed by atoms with E-state index in [4.69, 9.17) is 4.52 Å². The minimum absolute atomic E-state index is 0.145. The molecular formula is C17H15N3O2. The molecule has 0 spiro atoms. The van der Waals surface area contributed by atoms with Gasteiger partial charge in [-0.05, 0) is 24.6 Å². The lowest BCUT2D eigenvalue weighted by Crippen LogP contribution is -2.15. The molecule has 0 radical (unpaired) electrons. The van der Waals surface area contributed by atoms with Gasteiger partial charge < -0.3 is 9.84 Å². The molecule has 0 unspecified atom stereocenters. The van der Waals surface area contributed by atoms with E-state index in [1.165, 1.54) is 0 Å². The van der Waals surface area contributed by atoms with E-state index in [1.807, 2.05) is 49.4 Å². The molecule has 1 aromatic carbocycles. The Morgan fingerprint density at radius 1 is 1.18 bits per heavy atom. The van der Waals surface area contributed by atoms with Crippen molar-refractivity contribution in [2.24, 2.45) is 0 Å². The average Bonchev–Trinajstić information content (AvgIpc) is 2.96. The van der Waals surface area contributed by atoms with Crippen LogP contribution in [0.1, 0.15) is 11.3 Å². The number of rotatable bonds is 4. The molecule has 3 rings (SSSR count). The Morgan fingerprint density at radius 2 is 2.00 bits per heavy atom. The summed E-state index contributed by atoms with van der Waals surface area (Å²) in [5, 5.41) is 6.68. The number of nitrogens with one attached hydrogen (secondary N) is 1. The number of pyridine rings is 1. The SMILES string of the molecule is Cc1ccnc(NC(=O)Cc2cc(-c3ccccc3)on2)c1. The molecule has 1 N–H and O–H groups in total. The molecule has 5 nitrogen and oxygen atoms in total. The summed E-state index contributed by atoms with van der Waals surface area (Å²) in [6, 6.07) is 15.1. The lowest BCUT2D eigenvalue weighted by atomic mass is 10.1. The third-order valence-corrected chi connectivity index (χ3v) is 3.14. The topological polar surface area (TPSA) is 68.0 Å². The van der Waals surface area contributed by atoms with Crippen molar-refractivity contribution in [1.82, 2.24) is 10.1 Å². The monoisotopic (exact) mass is 293 g/mol. The van der Waals surface area contributed by atoms with Crippen LogP contribution in [0.4, 0.5) is 5.82 Å². The summed E-state index contributed by atoms with van der Waals surface area (Å²) in [6.45, 7) is 1.95. The first-order valence-corrected chi connectivity index (χ1v) is 6.94. The van der Waals surface area contributed by atoms with Crippen LogP contribution in [0.15, 0.2) is 59.3 Å². The highest BCUT2D eigenvalue weighted by molar-refractivity contribution is 5.91. The summed E-state index contributed by atoms with van der Waals surface area (Å²) >= 11 is 0. The maximum atomic E-state index is 12.0. The standard InChI is InChI=1S/C17H15N3O2/c1-12-7-8-18-16(9-12)19-17(21)11-14-10-15(22-20-14)13-5-3-2-4-6-13/h2-10H,11H2,1H3,(H,18,19,21). The molecule has 2 heterocycles. The Labute approximate surface area is 128 Å². The fourth-order valence-electron chi connectivity index (χ4n) is 2.09. The molecule has 0 aliphatic heterocycles. The molecule has 0 aliphatic rings. The first kappa shape index (κ1) is 14.0. The Balaban J connectivity index is 1.66. The average molecular weight is 293 g/mol. The van der Waals surface area contributed by atoms with Gasteiger partial charge in [-0.3, -0.25) is 4.79 Å². The van der Waals surface area contributed by atoms with E-state index in [9.17, 15) is 4.79 Å². The van der Waals surface area contributed by atoms with Crippen LogP contribution in [0.3, 0.4) is 0 Å². The van der Waals surface area contributed by atoms with Crippen molar-refractivity contribution in [1.29, 1.82) is 0 Å². The van der Waals surface area contributed by atoms with Crippen LogP contribution in [-0.4, -0.2) is 16.0 Å². The van der Waals surface area contributed by atoms with Gasteiger partial charge in [0.05, 0.1) is 12.1 Å². The molecule has 0 atom stereocenters. The van der Waals surface area contributed by atoms with Gasteiger partial charge in [0.15, 0.2) is 5.76 Å². The second-order valence-corrected chi connectivity index (χ2v) is 4.99. The Bertz CT molecular complexity index is 781. The van der Waals surface area contributed by atoms with Crippen molar-refractivity contribution in [3.63, 3.8) is 0 Å². The van der Waals surface area contributed by atoms with Gasteiger partial charge >= 0.3 is 0 Å². The number of aryl methyl sites for hydroxylation is 1. The summed E-state index contributed by atoms with van der Waals surface area (Å²) in [5.74, 6) is 1.01. The highest BCUT2D eigenvalue weighted by Gasteiger charge is 2.11. The van der Waals surface area contributed by atoms with E-state index in [2.05, 4.69) is 15.5 Å². The lowest BCUT2D eigenvalue weighted by Gasteiger charge is -2.03. The van der Waals surface area contributed by atoms with Crippen molar-refractivity contribution in [3.05, 3.63) is 66.0 Å². The van der Waals surface area contributed by atoms with Crippen LogP contribution in [0.25, 0.3) is 11.3 Å². The van der Waals surface area contributed by atoms with Gasteiger partial charge in [0.25, 0.3) is 0 Å². The Morgan fingerprint density at radius 3 is 2.77 bits per heavy atom. The minimum Gasteiger partial charge on any atom is -0.356 e. The zero-order valence-electron chi connectivity index (χ0n) is 12.1. The number of nitrogens with zero attached hydrogens (tertiary/aromatic N) is 2. The van der Waals surface area contributed by atoms with Crippen LogP contribution < -0.4 is 5.32 Å². The van der Waals surface area contributed by atoms with Crippen LogP contribution in [0, 0.1) is 6.92 Å². The molecular weight excluding hydrogens is 278 g/mol. The van der Waals surface area contributed by atoms with E-state index < -0.39 is 0 Å². The Hall–Kier alpha value is -2.95. The molecule has 2 aromatic heterocycles. The number of carbonyl (C=O) groups is 1. The van der Waals surface area contributed by atoms with Gasteiger partial charge in [0.2, 0.25) is 5.91 Å². The van der Waals surface area contributed by atoms with Gasteiger partial charge in [-0.1, -0.05) is 35.5 Å². The molecule has 1 amide bonds. The van der Waals surface area contributed by atoms with Gasteiger partial charge in [0, 0.05) is 17.8 Å². The molecule has 22 heavy (non-hydrogen) atoms. The summed E-state index contributed by atoms with van der Waals surface area (Å²) in [5.41, 5.74) is 2.56. The molecule has 0 bridgehead atoms. The van der Waals surface area contributed by atoms with E-state index in [0.717, 1.165) is 11.1 Å². The summed E-state index contributed by atoms with van der Waals surface area (Å²) < 4.78 is 5.28. The molecule has 5 heteroatoms. The number of hydrogen-bond acceptors (Lipinski definition) is 4. The van der Waals surface area contributed by atoms with Crippen LogP contribution in [0.2, 0.25) is 0 Å². The second-order valence-electron chi connectivity index (χ2n) is 4.99. The maximum absolute atomic E-state index is 12.0. The fourth-order valence-corrected chi connectivity index (χ4v) is 2.09. The van der Waals surface area contributed by atoms with Gasteiger partial charge in [-0.15, -0.1) is 0 Å². The molecule has 0 saturated carbocycles. The van der Waals surface area contributed by atoms with E-state index in [-0.39, 0.29) is 12.3 Å². The van der Waals surface area contributed by atoms with Gasteiger partial charge in [0.1, 0.15) is 5.82 Å². The third-order valence-electron chi connectivity index (χ3n) is 3.14. The molecule has 3 aromatic rings. The zero-order valence-corrected chi connectivity index (χ0v) is 12.1. The molecule has 110 valence electrons. The number of carbonyl (C=O) groups excluding carboxylic acids is 1. The second kappa shape index (κ2) is 6.22. The highest BCUT2D eigenvalue weighted by Crippen LogP contribution is 2.20. The minimum atomic E-state index is -0.175. The molecule has 0 saturated heterocycles. The van der Waals surface area contributed by atoms with E-state index in [0.29, 0.717) is 17.3 Å². The predicted molar refractivity (Wildman–Crippen MR) is 83.2 cm³/mol. The number of benzene rings is 1.